The lowest BCUT2D eigenvalue weighted by Gasteiger charge is -2.27. The molecular formula is C20H22N4O. The van der Waals surface area contributed by atoms with Crippen LogP contribution < -0.4 is 4.74 Å². The average molecular weight is 334 g/mol. The molecule has 2 aromatic carbocycles. The maximum absolute atomic E-state index is 5.80. The topological polar surface area (TPSA) is 43.2 Å². The first-order valence-electron chi connectivity index (χ1n) is 8.73. The fourth-order valence-corrected chi connectivity index (χ4v) is 3.18. The molecule has 0 bridgehead atoms. The van der Waals surface area contributed by atoms with Gasteiger partial charge in [0, 0.05) is 26.1 Å². The number of hydrogen-bond donors (Lipinski definition) is 0. The lowest BCUT2D eigenvalue weighted by molar-refractivity contribution is 0.174. The highest BCUT2D eigenvalue weighted by Crippen LogP contribution is 2.15. The predicted molar refractivity (Wildman–Crippen MR) is 96.5 cm³/mol. The van der Waals surface area contributed by atoms with E-state index < -0.39 is 0 Å². The number of hydrogen-bond acceptors (Lipinski definition) is 4. The lowest BCUT2D eigenvalue weighted by Crippen LogP contribution is -2.37. The quantitative estimate of drug-likeness (QED) is 0.695. The van der Waals surface area contributed by atoms with Gasteiger partial charge in [-0.25, -0.2) is 0 Å². The molecule has 0 N–H and O–H groups in total. The molecule has 1 aliphatic heterocycles. The van der Waals surface area contributed by atoms with Crippen molar-refractivity contribution in [3.05, 3.63) is 77.9 Å². The summed E-state index contributed by atoms with van der Waals surface area (Å²) in [6.07, 6.45) is 0.838. The van der Waals surface area contributed by atoms with Crippen LogP contribution in [0.2, 0.25) is 0 Å². The number of aromatic nitrogens is 3. The van der Waals surface area contributed by atoms with E-state index in [0.717, 1.165) is 50.0 Å². The largest absolute Gasteiger partial charge is 0.492 e. The monoisotopic (exact) mass is 334 g/mol. The molecule has 128 valence electrons. The Balaban J connectivity index is 1.33. The first-order chi connectivity index (χ1) is 12.4. The van der Waals surface area contributed by atoms with Crippen LogP contribution in [0.3, 0.4) is 0 Å². The smallest absolute Gasteiger partial charge is 0.147 e. The zero-order valence-corrected chi connectivity index (χ0v) is 14.2. The normalized spacial score (nSPS) is 14.2. The summed E-state index contributed by atoms with van der Waals surface area (Å²) in [5.41, 5.74) is 1.27. The fraction of sp³-hybridized carbons (Fsp3) is 0.300. The summed E-state index contributed by atoms with van der Waals surface area (Å²) in [5, 5.41) is 8.81. The van der Waals surface area contributed by atoms with E-state index in [1.54, 1.807) is 0 Å². The highest BCUT2D eigenvalue weighted by atomic mass is 16.5. The summed E-state index contributed by atoms with van der Waals surface area (Å²) in [6.45, 7) is 4.37. The minimum atomic E-state index is 0.690. The van der Waals surface area contributed by atoms with Crippen LogP contribution in [-0.4, -0.2) is 39.4 Å². The van der Waals surface area contributed by atoms with E-state index in [-0.39, 0.29) is 0 Å². The van der Waals surface area contributed by atoms with E-state index in [0.29, 0.717) is 6.61 Å². The second-order valence-corrected chi connectivity index (χ2v) is 6.28. The summed E-state index contributed by atoms with van der Waals surface area (Å²) in [6, 6.07) is 20.4. The maximum atomic E-state index is 5.80. The van der Waals surface area contributed by atoms with Crippen LogP contribution >= 0.6 is 0 Å². The second-order valence-electron chi connectivity index (χ2n) is 6.28. The van der Waals surface area contributed by atoms with Crippen molar-refractivity contribution < 1.29 is 4.74 Å². The fourth-order valence-electron chi connectivity index (χ4n) is 3.18. The number of ether oxygens (including phenoxy) is 1. The SMILES string of the molecule is c1ccc(Cc2nnc3n2CCN(CCOc2ccccc2)C3)cc1. The summed E-state index contributed by atoms with van der Waals surface area (Å²) < 4.78 is 8.06. The van der Waals surface area contributed by atoms with Gasteiger partial charge >= 0.3 is 0 Å². The van der Waals surface area contributed by atoms with Gasteiger partial charge in [-0.3, -0.25) is 4.90 Å². The second kappa shape index (κ2) is 7.49. The van der Waals surface area contributed by atoms with Crippen molar-refractivity contribution >= 4 is 0 Å². The third-order valence-electron chi connectivity index (χ3n) is 4.53. The van der Waals surface area contributed by atoms with E-state index in [2.05, 4.69) is 43.9 Å². The molecule has 0 fully saturated rings. The maximum Gasteiger partial charge on any atom is 0.147 e. The van der Waals surface area contributed by atoms with Crippen LogP contribution in [-0.2, 0) is 19.5 Å². The molecule has 0 atom stereocenters. The van der Waals surface area contributed by atoms with Crippen LogP contribution in [0.5, 0.6) is 5.75 Å². The van der Waals surface area contributed by atoms with E-state index in [9.17, 15) is 0 Å². The van der Waals surface area contributed by atoms with Gasteiger partial charge in [0.1, 0.15) is 24.0 Å². The summed E-state index contributed by atoms with van der Waals surface area (Å²) in [7, 11) is 0. The third-order valence-corrected chi connectivity index (χ3v) is 4.53. The molecule has 0 aliphatic carbocycles. The van der Waals surface area contributed by atoms with Gasteiger partial charge in [0.15, 0.2) is 0 Å². The van der Waals surface area contributed by atoms with Gasteiger partial charge in [0.05, 0.1) is 6.54 Å². The molecule has 0 saturated carbocycles. The minimum Gasteiger partial charge on any atom is -0.492 e. The van der Waals surface area contributed by atoms with Gasteiger partial charge in [-0.2, -0.15) is 0 Å². The van der Waals surface area contributed by atoms with Gasteiger partial charge in [-0.1, -0.05) is 48.5 Å². The molecule has 5 heteroatoms. The van der Waals surface area contributed by atoms with Crippen molar-refractivity contribution in [1.29, 1.82) is 0 Å². The Morgan fingerprint density at radius 3 is 2.44 bits per heavy atom. The van der Waals surface area contributed by atoms with Crippen LogP contribution in [0.1, 0.15) is 17.2 Å². The van der Waals surface area contributed by atoms with Crippen molar-refractivity contribution in [3.63, 3.8) is 0 Å². The van der Waals surface area contributed by atoms with Gasteiger partial charge in [0.2, 0.25) is 0 Å². The van der Waals surface area contributed by atoms with Gasteiger partial charge < -0.3 is 9.30 Å². The molecule has 0 spiro atoms. The Kier molecular flexibility index (Phi) is 4.74. The van der Waals surface area contributed by atoms with Gasteiger partial charge in [0.25, 0.3) is 0 Å². The number of nitrogens with zero attached hydrogens (tertiary/aromatic N) is 4. The molecule has 2 heterocycles. The number of para-hydroxylation sites is 1. The van der Waals surface area contributed by atoms with E-state index in [1.807, 2.05) is 36.4 Å². The van der Waals surface area contributed by atoms with Crippen molar-refractivity contribution in [3.8, 4) is 5.75 Å². The molecule has 4 rings (SSSR count). The number of fused-ring (bicyclic) bond motifs is 1. The molecular weight excluding hydrogens is 312 g/mol. The minimum absolute atomic E-state index is 0.690. The lowest BCUT2D eigenvalue weighted by atomic mass is 10.1. The first-order valence-corrected chi connectivity index (χ1v) is 8.73. The Bertz CT molecular complexity index is 801. The summed E-state index contributed by atoms with van der Waals surface area (Å²) in [5.74, 6) is 3.03. The Labute approximate surface area is 147 Å². The van der Waals surface area contributed by atoms with E-state index in [4.69, 9.17) is 4.74 Å². The molecule has 0 amide bonds. The highest BCUT2D eigenvalue weighted by molar-refractivity contribution is 5.21. The molecule has 1 aliphatic rings. The number of rotatable bonds is 6. The average Bonchev–Trinajstić information content (AvgIpc) is 3.06. The summed E-state index contributed by atoms with van der Waals surface area (Å²) in [4.78, 5) is 2.37. The molecule has 25 heavy (non-hydrogen) atoms. The van der Waals surface area contributed by atoms with E-state index >= 15 is 0 Å². The first kappa shape index (κ1) is 15.8. The molecule has 0 radical (unpaired) electrons. The van der Waals surface area contributed by atoms with Crippen LogP contribution in [0.4, 0.5) is 0 Å². The third kappa shape index (κ3) is 3.88. The highest BCUT2D eigenvalue weighted by Gasteiger charge is 2.20. The van der Waals surface area contributed by atoms with Crippen molar-refractivity contribution in [2.45, 2.75) is 19.5 Å². The van der Waals surface area contributed by atoms with Crippen molar-refractivity contribution in [2.24, 2.45) is 0 Å². The van der Waals surface area contributed by atoms with Gasteiger partial charge in [-0.05, 0) is 17.7 Å². The molecule has 5 nitrogen and oxygen atoms in total. The zero-order valence-electron chi connectivity index (χ0n) is 14.2. The molecule has 3 aromatic rings. The summed E-state index contributed by atoms with van der Waals surface area (Å²) >= 11 is 0. The standard InChI is InChI=1S/C20H22N4O/c1-3-7-17(8-4-1)15-19-21-22-20-16-23(11-12-24(19)20)13-14-25-18-9-5-2-6-10-18/h1-10H,11-16H2. The Hall–Kier alpha value is -2.66. The zero-order chi connectivity index (χ0) is 16.9. The Morgan fingerprint density at radius 2 is 1.64 bits per heavy atom. The van der Waals surface area contributed by atoms with E-state index in [1.165, 1.54) is 5.56 Å². The van der Waals surface area contributed by atoms with Crippen LogP contribution in [0.25, 0.3) is 0 Å². The molecule has 0 unspecified atom stereocenters. The van der Waals surface area contributed by atoms with Crippen LogP contribution in [0, 0.1) is 0 Å². The van der Waals surface area contributed by atoms with Gasteiger partial charge in [-0.15, -0.1) is 10.2 Å². The van der Waals surface area contributed by atoms with Crippen molar-refractivity contribution in [1.82, 2.24) is 19.7 Å². The Morgan fingerprint density at radius 1 is 0.880 bits per heavy atom. The number of benzene rings is 2. The molecule has 0 saturated heterocycles. The predicted octanol–water partition coefficient (Wildman–Crippen LogP) is 2.76. The van der Waals surface area contributed by atoms with Crippen molar-refractivity contribution in [2.75, 3.05) is 19.7 Å². The molecule has 1 aromatic heterocycles. The van der Waals surface area contributed by atoms with Crippen LogP contribution in [0.15, 0.2) is 60.7 Å².